The lowest BCUT2D eigenvalue weighted by molar-refractivity contribution is -0.139. The zero-order chi connectivity index (χ0) is 14.9. The standard InChI is InChI=1S/C17H24N2O2S/c20-14-1-2-17(19(14)3-4-22-17)15(21)18-16-8-11-5-12(9-16)7-13(6-11)10-16/h11-13H,1-10H2,(H,18,21)/t11?,12?,13?,16?,17-/m0/s1. The highest BCUT2D eigenvalue weighted by Crippen LogP contribution is 2.56. The molecular formula is C17H24N2O2S. The highest BCUT2D eigenvalue weighted by atomic mass is 32.2. The van der Waals surface area contributed by atoms with E-state index in [-0.39, 0.29) is 17.4 Å². The van der Waals surface area contributed by atoms with Gasteiger partial charge in [-0.1, -0.05) is 0 Å². The second kappa shape index (κ2) is 4.43. The van der Waals surface area contributed by atoms with Gasteiger partial charge >= 0.3 is 0 Å². The Morgan fingerprint density at radius 1 is 1.14 bits per heavy atom. The zero-order valence-electron chi connectivity index (χ0n) is 13.0. The maximum atomic E-state index is 13.2. The van der Waals surface area contributed by atoms with E-state index in [0.717, 1.165) is 30.1 Å². The summed E-state index contributed by atoms with van der Waals surface area (Å²) in [7, 11) is 0. The lowest BCUT2D eigenvalue weighted by atomic mass is 9.53. The molecule has 22 heavy (non-hydrogen) atoms. The van der Waals surface area contributed by atoms with Gasteiger partial charge in [0.15, 0.2) is 4.87 Å². The molecule has 0 unspecified atom stereocenters. The quantitative estimate of drug-likeness (QED) is 0.848. The molecule has 1 N–H and O–H groups in total. The van der Waals surface area contributed by atoms with E-state index in [2.05, 4.69) is 5.32 Å². The SMILES string of the molecule is O=C1CC[C@@]2(C(=O)NC34CC5CC(CC(C5)C3)C4)SCCN12. The molecule has 6 fully saturated rings. The molecule has 4 nitrogen and oxygen atoms in total. The summed E-state index contributed by atoms with van der Waals surface area (Å²) in [6.45, 7) is 0.748. The summed E-state index contributed by atoms with van der Waals surface area (Å²) in [5.74, 6) is 3.72. The fourth-order valence-corrected chi connectivity index (χ4v) is 7.80. The maximum Gasteiger partial charge on any atom is 0.256 e. The lowest BCUT2D eigenvalue weighted by Crippen LogP contribution is -2.64. The van der Waals surface area contributed by atoms with Crippen molar-refractivity contribution in [3.63, 3.8) is 0 Å². The summed E-state index contributed by atoms with van der Waals surface area (Å²) < 4.78 is 0. The fraction of sp³-hybridized carbons (Fsp3) is 0.882. The largest absolute Gasteiger partial charge is 0.348 e. The Kier molecular flexibility index (Phi) is 2.76. The number of carbonyl (C=O) groups is 2. The van der Waals surface area contributed by atoms with Crippen LogP contribution in [-0.4, -0.2) is 39.4 Å². The van der Waals surface area contributed by atoms with Crippen LogP contribution in [0.5, 0.6) is 0 Å². The summed E-state index contributed by atoms with van der Waals surface area (Å²) in [5.41, 5.74) is 0.0566. The number of nitrogens with zero attached hydrogens (tertiary/aromatic N) is 1. The van der Waals surface area contributed by atoms with E-state index in [1.165, 1.54) is 38.5 Å². The van der Waals surface area contributed by atoms with Gasteiger partial charge in [0.2, 0.25) is 5.91 Å². The molecule has 4 aliphatic carbocycles. The highest BCUT2D eigenvalue weighted by molar-refractivity contribution is 8.01. The predicted molar refractivity (Wildman–Crippen MR) is 85.2 cm³/mol. The van der Waals surface area contributed by atoms with Crippen molar-refractivity contribution in [3.05, 3.63) is 0 Å². The van der Waals surface area contributed by atoms with E-state index in [1.807, 2.05) is 4.90 Å². The van der Waals surface area contributed by atoms with E-state index in [4.69, 9.17) is 0 Å². The summed E-state index contributed by atoms with van der Waals surface area (Å²) in [6.07, 6.45) is 8.95. The Labute approximate surface area is 135 Å². The van der Waals surface area contributed by atoms with Crippen LogP contribution in [0.25, 0.3) is 0 Å². The summed E-state index contributed by atoms with van der Waals surface area (Å²) in [4.78, 5) is 26.5. The van der Waals surface area contributed by atoms with Crippen LogP contribution in [0.2, 0.25) is 0 Å². The van der Waals surface area contributed by atoms with Gasteiger partial charge in [0.05, 0.1) is 0 Å². The monoisotopic (exact) mass is 320 g/mol. The molecule has 5 heteroatoms. The Bertz CT molecular complexity index is 513. The number of rotatable bonds is 2. The highest BCUT2D eigenvalue weighted by Gasteiger charge is 2.58. The first-order valence-electron chi connectivity index (χ1n) is 8.86. The van der Waals surface area contributed by atoms with Crippen LogP contribution in [-0.2, 0) is 9.59 Å². The van der Waals surface area contributed by atoms with E-state index in [9.17, 15) is 9.59 Å². The minimum atomic E-state index is -0.569. The Hall–Kier alpha value is -0.710. The van der Waals surface area contributed by atoms with Crippen molar-refractivity contribution in [2.45, 2.75) is 61.8 Å². The fourth-order valence-electron chi connectivity index (χ4n) is 6.41. The summed E-state index contributed by atoms with van der Waals surface area (Å²) in [5, 5.41) is 3.50. The number of hydrogen-bond donors (Lipinski definition) is 1. The molecule has 0 aromatic carbocycles. The molecule has 120 valence electrons. The van der Waals surface area contributed by atoms with Crippen molar-refractivity contribution >= 4 is 23.6 Å². The molecule has 4 bridgehead atoms. The number of nitrogens with one attached hydrogen (secondary N) is 1. The van der Waals surface area contributed by atoms with Gasteiger partial charge in [-0.25, -0.2) is 0 Å². The van der Waals surface area contributed by atoms with Gasteiger partial charge < -0.3 is 10.2 Å². The topological polar surface area (TPSA) is 49.4 Å². The molecule has 1 atom stereocenters. The van der Waals surface area contributed by atoms with Gasteiger partial charge in [-0.2, -0.15) is 0 Å². The molecule has 0 aromatic rings. The third kappa shape index (κ3) is 1.78. The molecule has 2 aliphatic heterocycles. The molecule has 0 spiro atoms. The van der Waals surface area contributed by atoms with Gasteiger partial charge in [0, 0.05) is 24.3 Å². The molecular weight excluding hydrogens is 296 g/mol. The third-order valence-electron chi connectivity index (χ3n) is 6.84. The smallest absolute Gasteiger partial charge is 0.256 e. The number of hydrogen-bond acceptors (Lipinski definition) is 3. The van der Waals surface area contributed by atoms with Crippen molar-refractivity contribution in [2.75, 3.05) is 12.3 Å². The Balaban J connectivity index is 1.40. The molecule has 2 amide bonds. The summed E-state index contributed by atoms with van der Waals surface area (Å²) >= 11 is 1.69. The minimum Gasteiger partial charge on any atom is -0.348 e. The van der Waals surface area contributed by atoms with Crippen LogP contribution in [0.15, 0.2) is 0 Å². The van der Waals surface area contributed by atoms with Crippen molar-refractivity contribution in [2.24, 2.45) is 17.8 Å². The first kappa shape index (κ1) is 13.7. The number of amides is 2. The van der Waals surface area contributed by atoms with Gasteiger partial charge in [-0.05, 0) is 62.7 Å². The van der Waals surface area contributed by atoms with Crippen molar-refractivity contribution in [1.29, 1.82) is 0 Å². The first-order valence-corrected chi connectivity index (χ1v) is 9.84. The Morgan fingerprint density at radius 3 is 2.41 bits per heavy atom. The zero-order valence-corrected chi connectivity index (χ0v) is 13.8. The minimum absolute atomic E-state index is 0.0566. The molecule has 0 radical (unpaired) electrons. The number of carbonyl (C=O) groups excluding carboxylic acids is 2. The average Bonchev–Trinajstić information content (AvgIpc) is 2.99. The molecule has 4 saturated carbocycles. The van der Waals surface area contributed by atoms with E-state index in [0.29, 0.717) is 12.8 Å². The normalized spacial score (nSPS) is 48.8. The van der Waals surface area contributed by atoms with Gasteiger partial charge in [-0.3, -0.25) is 9.59 Å². The van der Waals surface area contributed by atoms with Gasteiger partial charge in [0.25, 0.3) is 5.91 Å². The average molecular weight is 320 g/mol. The lowest BCUT2D eigenvalue weighted by Gasteiger charge is -2.57. The van der Waals surface area contributed by atoms with Crippen molar-refractivity contribution < 1.29 is 9.59 Å². The predicted octanol–water partition coefficient (Wildman–Crippen LogP) is 2.14. The molecule has 2 heterocycles. The van der Waals surface area contributed by atoms with Crippen molar-refractivity contribution in [3.8, 4) is 0 Å². The maximum absolute atomic E-state index is 13.2. The number of fused-ring (bicyclic) bond motifs is 1. The Morgan fingerprint density at radius 2 is 1.77 bits per heavy atom. The van der Waals surface area contributed by atoms with Crippen LogP contribution in [0.4, 0.5) is 0 Å². The van der Waals surface area contributed by atoms with Crippen LogP contribution < -0.4 is 5.32 Å². The summed E-state index contributed by atoms with van der Waals surface area (Å²) in [6, 6.07) is 0. The van der Waals surface area contributed by atoms with E-state index >= 15 is 0 Å². The van der Waals surface area contributed by atoms with Crippen LogP contribution in [0.3, 0.4) is 0 Å². The van der Waals surface area contributed by atoms with Crippen molar-refractivity contribution in [1.82, 2.24) is 10.2 Å². The molecule has 6 aliphatic rings. The van der Waals surface area contributed by atoms with Gasteiger partial charge in [0.1, 0.15) is 0 Å². The van der Waals surface area contributed by atoms with Gasteiger partial charge in [-0.15, -0.1) is 11.8 Å². The van der Waals surface area contributed by atoms with Crippen LogP contribution in [0, 0.1) is 17.8 Å². The second-order valence-corrected chi connectivity index (χ2v) is 9.70. The third-order valence-corrected chi connectivity index (χ3v) is 8.32. The molecule has 6 rings (SSSR count). The van der Waals surface area contributed by atoms with E-state index in [1.54, 1.807) is 11.8 Å². The number of thioether (sulfide) groups is 1. The van der Waals surface area contributed by atoms with Crippen LogP contribution in [0.1, 0.15) is 51.4 Å². The molecule has 2 saturated heterocycles. The van der Waals surface area contributed by atoms with Crippen LogP contribution >= 0.6 is 11.8 Å². The van der Waals surface area contributed by atoms with E-state index < -0.39 is 4.87 Å². The first-order chi connectivity index (χ1) is 10.6. The molecule has 0 aromatic heterocycles. The second-order valence-electron chi connectivity index (χ2n) is 8.33.